The Bertz CT molecular complexity index is 753. The number of carbonyl (C=O) groups is 2. The molecule has 1 aromatic carbocycles. The van der Waals surface area contributed by atoms with Gasteiger partial charge in [0.2, 0.25) is 5.91 Å². The Morgan fingerprint density at radius 1 is 1.35 bits per heavy atom. The summed E-state index contributed by atoms with van der Waals surface area (Å²) in [4.78, 5) is 24.1. The molecular weight excluding hydrogens is 318 g/mol. The van der Waals surface area contributed by atoms with Gasteiger partial charge in [0.15, 0.2) is 0 Å². The van der Waals surface area contributed by atoms with Crippen LogP contribution in [0.25, 0.3) is 11.3 Å². The number of nitrogens with one attached hydrogen (secondary N) is 2. The molecule has 2 N–H and O–H groups in total. The van der Waals surface area contributed by atoms with Gasteiger partial charge in [-0.3, -0.25) is 9.59 Å². The fourth-order valence-corrected chi connectivity index (χ4v) is 2.46. The summed E-state index contributed by atoms with van der Waals surface area (Å²) in [5, 5.41) is 9.81. The largest absolute Gasteiger partial charge is 0.360 e. The Hall–Kier alpha value is -2.34. The molecule has 1 aromatic heterocycles. The molecule has 1 aliphatic carbocycles. The Labute approximate surface area is 138 Å². The molecule has 1 aliphatic rings. The van der Waals surface area contributed by atoms with Crippen LogP contribution in [0.3, 0.4) is 0 Å². The van der Waals surface area contributed by atoms with E-state index in [1.165, 1.54) is 0 Å². The summed E-state index contributed by atoms with van der Waals surface area (Å²) in [6.07, 6.45) is 2.00. The molecule has 0 aliphatic heterocycles. The van der Waals surface area contributed by atoms with Gasteiger partial charge in [-0.05, 0) is 25.8 Å². The maximum atomic E-state index is 12.4. The predicted molar refractivity (Wildman–Crippen MR) is 85.2 cm³/mol. The van der Waals surface area contributed by atoms with Crippen LogP contribution in [-0.2, 0) is 4.79 Å². The second-order valence-electron chi connectivity index (χ2n) is 5.47. The van der Waals surface area contributed by atoms with Crippen LogP contribution in [0, 0.1) is 6.92 Å². The van der Waals surface area contributed by atoms with Crippen molar-refractivity contribution in [3.63, 3.8) is 0 Å². The van der Waals surface area contributed by atoms with E-state index >= 15 is 0 Å². The molecule has 0 unspecified atom stereocenters. The number of hydrogen-bond donors (Lipinski definition) is 2. The van der Waals surface area contributed by atoms with Gasteiger partial charge in [0.25, 0.3) is 5.91 Å². The summed E-state index contributed by atoms with van der Waals surface area (Å²) in [6.45, 7) is 1.56. The van der Waals surface area contributed by atoms with Gasteiger partial charge in [-0.1, -0.05) is 35.0 Å². The van der Waals surface area contributed by atoms with Gasteiger partial charge in [0.1, 0.15) is 17.0 Å². The highest BCUT2D eigenvalue weighted by Gasteiger charge is 2.25. The summed E-state index contributed by atoms with van der Waals surface area (Å²) in [6, 6.07) is 7.33. The van der Waals surface area contributed by atoms with Crippen molar-refractivity contribution in [2.75, 3.05) is 6.54 Å². The highest BCUT2D eigenvalue weighted by Crippen LogP contribution is 2.30. The minimum Gasteiger partial charge on any atom is -0.360 e. The third-order valence-corrected chi connectivity index (χ3v) is 3.90. The van der Waals surface area contributed by atoms with Gasteiger partial charge in [0, 0.05) is 11.6 Å². The topological polar surface area (TPSA) is 84.2 Å². The molecule has 1 saturated carbocycles. The third kappa shape index (κ3) is 3.53. The van der Waals surface area contributed by atoms with Gasteiger partial charge in [-0.2, -0.15) is 0 Å². The summed E-state index contributed by atoms with van der Waals surface area (Å²) in [5.41, 5.74) is 1.27. The fourth-order valence-electron chi connectivity index (χ4n) is 2.23. The summed E-state index contributed by atoms with van der Waals surface area (Å²) in [7, 11) is 0. The van der Waals surface area contributed by atoms with Crippen molar-refractivity contribution in [3.8, 4) is 11.3 Å². The monoisotopic (exact) mass is 333 g/mol. The Balaban J connectivity index is 1.76. The molecule has 7 heteroatoms. The van der Waals surface area contributed by atoms with Crippen molar-refractivity contribution < 1.29 is 14.1 Å². The van der Waals surface area contributed by atoms with Crippen molar-refractivity contribution >= 4 is 23.4 Å². The summed E-state index contributed by atoms with van der Waals surface area (Å²) >= 11 is 6.16. The van der Waals surface area contributed by atoms with E-state index in [2.05, 4.69) is 15.8 Å². The lowest BCUT2D eigenvalue weighted by molar-refractivity contribution is -0.120. The Kier molecular flexibility index (Phi) is 4.34. The van der Waals surface area contributed by atoms with Crippen LogP contribution >= 0.6 is 11.6 Å². The van der Waals surface area contributed by atoms with Gasteiger partial charge >= 0.3 is 0 Å². The molecule has 0 bridgehead atoms. The van der Waals surface area contributed by atoms with Crippen LogP contribution in [0.1, 0.15) is 29.0 Å². The lowest BCUT2D eigenvalue weighted by Gasteiger charge is -2.07. The van der Waals surface area contributed by atoms with Crippen LogP contribution < -0.4 is 10.6 Å². The molecule has 2 amide bonds. The van der Waals surface area contributed by atoms with Crippen LogP contribution in [-0.4, -0.2) is 29.6 Å². The van der Waals surface area contributed by atoms with Crippen molar-refractivity contribution in [2.24, 2.45) is 0 Å². The molecule has 120 valence electrons. The number of carbonyl (C=O) groups excluding carboxylic acids is 2. The maximum absolute atomic E-state index is 12.4. The van der Waals surface area contributed by atoms with E-state index in [-0.39, 0.29) is 24.1 Å². The molecule has 6 nitrogen and oxygen atoms in total. The van der Waals surface area contributed by atoms with Crippen LogP contribution in [0.4, 0.5) is 0 Å². The average Bonchev–Trinajstić information content (AvgIpc) is 3.25. The first-order valence-corrected chi connectivity index (χ1v) is 7.73. The highest BCUT2D eigenvalue weighted by atomic mass is 35.5. The maximum Gasteiger partial charge on any atom is 0.257 e. The first kappa shape index (κ1) is 15.6. The molecule has 0 saturated heterocycles. The minimum absolute atomic E-state index is 0.0814. The molecule has 0 atom stereocenters. The number of benzene rings is 1. The van der Waals surface area contributed by atoms with Gasteiger partial charge in [-0.25, -0.2) is 0 Å². The molecule has 0 spiro atoms. The fraction of sp³-hybridized carbons (Fsp3) is 0.312. The van der Waals surface area contributed by atoms with E-state index in [4.69, 9.17) is 16.1 Å². The van der Waals surface area contributed by atoms with E-state index < -0.39 is 5.91 Å². The van der Waals surface area contributed by atoms with E-state index in [1.54, 1.807) is 31.2 Å². The molecule has 1 heterocycles. The van der Waals surface area contributed by atoms with Crippen molar-refractivity contribution in [1.82, 2.24) is 15.8 Å². The zero-order valence-electron chi connectivity index (χ0n) is 12.6. The quantitative estimate of drug-likeness (QED) is 0.879. The Morgan fingerprint density at radius 2 is 2.09 bits per heavy atom. The number of halogens is 1. The second-order valence-corrected chi connectivity index (χ2v) is 5.87. The molecule has 2 aromatic rings. The number of aryl methyl sites for hydroxylation is 1. The molecule has 0 radical (unpaired) electrons. The van der Waals surface area contributed by atoms with E-state index in [0.717, 1.165) is 12.8 Å². The molecule has 23 heavy (non-hydrogen) atoms. The van der Waals surface area contributed by atoms with Crippen molar-refractivity contribution in [1.29, 1.82) is 0 Å². The van der Waals surface area contributed by atoms with Crippen molar-refractivity contribution in [2.45, 2.75) is 25.8 Å². The van der Waals surface area contributed by atoms with Gasteiger partial charge in [-0.15, -0.1) is 0 Å². The number of rotatable bonds is 5. The third-order valence-electron chi connectivity index (χ3n) is 3.57. The van der Waals surface area contributed by atoms with E-state index in [1.807, 2.05) is 0 Å². The lowest BCUT2D eigenvalue weighted by Crippen LogP contribution is -2.38. The summed E-state index contributed by atoms with van der Waals surface area (Å²) < 4.78 is 5.14. The predicted octanol–water partition coefficient (Wildman–Crippen LogP) is 2.31. The number of hydrogen-bond acceptors (Lipinski definition) is 4. The molecule has 1 fully saturated rings. The first-order chi connectivity index (χ1) is 11.1. The van der Waals surface area contributed by atoms with E-state index in [9.17, 15) is 9.59 Å². The van der Waals surface area contributed by atoms with E-state index in [0.29, 0.717) is 22.0 Å². The second kappa shape index (κ2) is 6.42. The SMILES string of the molecule is Cc1onc(-c2ccccc2Cl)c1C(=O)NCC(=O)NC1CC1. The Morgan fingerprint density at radius 3 is 2.78 bits per heavy atom. The first-order valence-electron chi connectivity index (χ1n) is 7.35. The normalized spacial score (nSPS) is 13.7. The average molecular weight is 334 g/mol. The number of amides is 2. The van der Waals surface area contributed by atoms with Gasteiger partial charge < -0.3 is 15.2 Å². The van der Waals surface area contributed by atoms with Crippen LogP contribution in [0.15, 0.2) is 28.8 Å². The minimum atomic E-state index is -0.412. The standard InChI is InChI=1S/C16H16ClN3O3/c1-9-14(16(22)18-8-13(21)19-10-6-7-10)15(20-23-9)11-4-2-3-5-12(11)17/h2-5,10H,6-8H2,1H3,(H,18,22)(H,19,21). The zero-order valence-corrected chi connectivity index (χ0v) is 13.3. The van der Waals surface area contributed by atoms with Crippen LogP contribution in [0.2, 0.25) is 5.02 Å². The highest BCUT2D eigenvalue weighted by molar-refractivity contribution is 6.33. The van der Waals surface area contributed by atoms with Crippen LogP contribution in [0.5, 0.6) is 0 Å². The molecule has 3 rings (SSSR count). The number of nitrogens with zero attached hydrogens (tertiary/aromatic N) is 1. The smallest absolute Gasteiger partial charge is 0.257 e. The zero-order chi connectivity index (χ0) is 16.4. The summed E-state index contributed by atoms with van der Waals surface area (Å²) in [5.74, 6) is -0.237. The number of aromatic nitrogens is 1. The molecular formula is C16H16ClN3O3. The van der Waals surface area contributed by atoms with Crippen molar-refractivity contribution in [3.05, 3.63) is 40.6 Å². The van der Waals surface area contributed by atoms with Gasteiger partial charge in [0.05, 0.1) is 11.6 Å². The lowest BCUT2D eigenvalue weighted by atomic mass is 10.1.